The summed E-state index contributed by atoms with van der Waals surface area (Å²) in [4.78, 5) is 37.2. The van der Waals surface area contributed by atoms with Gasteiger partial charge in [0.2, 0.25) is 0 Å². The zero-order chi connectivity index (χ0) is 36.1. The predicted octanol–water partition coefficient (Wildman–Crippen LogP) is 8.95. The second-order valence-electron chi connectivity index (χ2n) is 14.1. The monoisotopic (exact) mass is 676 g/mol. The molecule has 262 valence electrons. The predicted molar refractivity (Wildman–Crippen MR) is 196 cm³/mol. The summed E-state index contributed by atoms with van der Waals surface area (Å²) in [5.74, 6) is 2.80. The Balaban J connectivity index is 1.91. The Morgan fingerprint density at radius 3 is 0.840 bits per heavy atom. The molecule has 4 aromatic rings. The van der Waals surface area contributed by atoms with Crippen molar-refractivity contribution in [3.05, 3.63) is 116 Å². The van der Waals surface area contributed by atoms with E-state index in [1.807, 2.05) is 110 Å². The zero-order valence-corrected chi connectivity index (χ0v) is 30.4. The third kappa shape index (κ3) is 8.44. The Hall–Kier alpha value is -4.91. The molecule has 0 atom stereocenters. The molecule has 0 spiro atoms. The number of rotatable bonds is 11. The van der Waals surface area contributed by atoms with Crippen molar-refractivity contribution in [1.29, 1.82) is 0 Å². The van der Waals surface area contributed by atoms with Crippen molar-refractivity contribution in [1.82, 2.24) is 0 Å². The van der Waals surface area contributed by atoms with Crippen molar-refractivity contribution < 1.29 is 33.3 Å². The molecule has 1 aliphatic rings. The lowest BCUT2D eigenvalue weighted by Gasteiger charge is -2.25. The van der Waals surface area contributed by atoms with Crippen LogP contribution in [0.4, 0.5) is 0 Å². The first-order chi connectivity index (χ1) is 23.9. The van der Waals surface area contributed by atoms with E-state index in [-0.39, 0.29) is 24.4 Å². The van der Waals surface area contributed by atoms with E-state index in [2.05, 4.69) is 0 Å². The normalized spacial score (nSPS) is 12.6. The van der Waals surface area contributed by atoms with Crippen molar-refractivity contribution in [2.24, 2.45) is 0 Å². The van der Waals surface area contributed by atoms with Gasteiger partial charge in [0, 0.05) is 42.4 Å². The molecule has 0 N–H and O–H groups in total. The molecular weight excluding hydrogens is 628 g/mol. The summed E-state index contributed by atoms with van der Waals surface area (Å²) >= 11 is 0. The van der Waals surface area contributed by atoms with Gasteiger partial charge in [-0.15, -0.1) is 0 Å². The minimum atomic E-state index is -0.170. The first-order valence-electron chi connectivity index (χ1n) is 17.5. The summed E-state index contributed by atoms with van der Waals surface area (Å²) < 4.78 is 26.2. The first-order valence-corrected chi connectivity index (χ1v) is 17.5. The molecule has 0 aromatic heterocycles. The Bertz CT molecular complexity index is 1770. The third-order valence-electron chi connectivity index (χ3n) is 8.32. The fourth-order valence-electron chi connectivity index (χ4n) is 6.62. The van der Waals surface area contributed by atoms with Gasteiger partial charge in [0.25, 0.3) is 0 Å². The van der Waals surface area contributed by atoms with Crippen LogP contribution in [-0.4, -0.2) is 43.3 Å². The molecule has 0 heterocycles. The van der Waals surface area contributed by atoms with Crippen LogP contribution in [0.3, 0.4) is 0 Å². The Labute approximate surface area is 295 Å². The van der Waals surface area contributed by atoms with Crippen molar-refractivity contribution in [3.63, 3.8) is 0 Å². The van der Waals surface area contributed by atoms with Gasteiger partial charge in [-0.2, -0.15) is 0 Å². The second-order valence-corrected chi connectivity index (χ2v) is 14.1. The SMILES string of the molecule is CC(C)Oc1c2cccc1Cc1cc(C=O)cc(c1OC(C)C)Cc1cc(C=O)cc(c1OC(C)C)Cc1cc(C=O)cc(c1OC(C)C)C2. The number of benzene rings is 4. The van der Waals surface area contributed by atoms with Crippen LogP contribution in [0.5, 0.6) is 23.0 Å². The van der Waals surface area contributed by atoms with Crippen LogP contribution in [0, 0.1) is 0 Å². The highest BCUT2D eigenvalue weighted by Crippen LogP contribution is 2.41. The molecule has 0 aliphatic heterocycles. The molecule has 5 rings (SSSR count). The minimum Gasteiger partial charge on any atom is -0.490 e. The fourth-order valence-corrected chi connectivity index (χ4v) is 6.62. The van der Waals surface area contributed by atoms with E-state index in [1.54, 1.807) is 0 Å². The van der Waals surface area contributed by atoms with Crippen LogP contribution in [0.1, 0.15) is 131 Å². The van der Waals surface area contributed by atoms with E-state index >= 15 is 0 Å². The molecule has 0 amide bonds. The maximum Gasteiger partial charge on any atom is 0.150 e. The van der Waals surface area contributed by atoms with E-state index in [1.165, 1.54) is 0 Å². The van der Waals surface area contributed by atoms with Gasteiger partial charge in [-0.1, -0.05) is 18.2 Å². The van der Waals surface area contributed by atoms with Crippen LogP contribution >= 0.6 is 0 Å². The Morgan fingerprint density at radius 2 is 0.620 bits per heavy atom. The van der Waals surface area contributed by atoms with Crippen molar-refractivity contribution in [3.8, 4) is 23.0 Å². The molecule has 0 saturated heterocycles. The zero-order valence-electron chi connectivity index (χ0n) is 30.4. The number of carbonyl (C=O) groups is 3. The third-order valence-corrected chi connectivity index (χ3v) is 8.32. The first kappa shape index (κ1) is 36.4. The number of para-hydroxylation sites is 1. The Morgan fingerprint density at radius 1 is 0.400 bits per heavy atom. The molecule has 0 saturated carbocycles. The number of hydrogen-bond donors (Lipinski definition) is 0. The lowest BCUT2D eigenvalue weighted by Crippen LogP contribution is -2.15. The van der Waals surface area contributed by atoms with Gasteiger partial charge in [-0.05, 0) is 136 Å². The Kier molecular flexibility index (Phi) is 11.5. The molecule has 50 heavy (non-hydrogen) atoms. The van der Waals surface area contributed by atoms with Crippen molar-refractivity contribution >= 4 is 18.9 Å². The molecule has 0 radical (unpaired) electrons. The highest BCUT2D eigenvalue weighted by atomic mass is 16.5. The number of carbonyl (C=O) groups excluding carboxylic acids is 3. The van der Waals surface area contributed by atoms with Gasteiger partial charge in [0.15, 0.2) is 0 Å². The molecule has 4 aromatic carbocycles. The van der Waals surface area contributed by atoms with Crippen LogP contribution in [0.15, 0.2) is 54.6 Å². The molecule has 1 aliphatic carbocycles. The summed E-state index contributed by atoms with van der Waals surface area (Å²) in [6.07, 6.45) is 3.57. The van der Waals surface area contributed by atoms with E-state index in [0.29, 0.717) is 59.6 Å². The maximum absolute atomic E-state index is 12.4. The maximum atomic E-state index is 12.4. The van der Waals surface area contributed by atoms with Gasteiger partial charge in [-0.3, -0.25) is 14.4 Å². The van der Waals surface area contributed by atoms with Crippen LogP contribution in [-0.2, 0) is 25.7 Å². The van der Waals surface area contributed by atoms with Gasteiger partial charge < -0.3 is 18.9 Å². The standard InChI is InChI=1S/C43H48O7/c1-25(2)47-40-32-10-9-11-33(40)19-35-13-30(23-45)15-37(42(35)49-27(5)6)21-39-17-31(24-46)16-38(43(39)50-28(7)8)20-36-14-29(22-44)12-34(18-32)41(36)48-26(3)4/h9-17,22-28H,18-21H2,1-8H3. The lowest BCUT2D eigenvalue weighted by molar-refractivity contribution is 0.111. The van der Waals surface area contributed by atoms with Crippen LogP contribution < -0.4 is 18.9 Å². The highest BCUT2D eigenvalue weighted by molar-refractivity contribution is 5.79. The average molecular weight is 677 g/mol. The number of ether oxygens (including phenoxy) is 4. The van der Waals surface area contributed by atoms with Crippen molar-refractivity contribution in [2.75, 3.05) is 0 Å². The van der Waals surface area contributed by atoms with Crippen LogP contribution in [0.25, 0.3) is 0 Å². The van der Waals surface area contributed by atoms with Gasteiger partial charge in [0.05, 0.1) is 24.4 Å². The van der Waals surface area contributed by atoms with Gasteiger partial charge in [-0.25, -0.2) is 0 Å². The fraction of sp³-hybridized carbons (Fsp3) is 0.372. The second kappa shape index (κ2) is 15.8. The molecule has 0 fully saturated rings. The average Bonchev–Trinajstić information content (AvgIpc) is 3.05. The molecule has 0 unspecified atom stereocenters. The molecule has 7 heteroatoms. The molecule has 7 nitrogen and oxygen atoms in total. The van der Waals surface area contributed by atoms with E-state index in [0.717, 1.165) is 69.1 Å². The van der Waals surface area contributed by atoms with Gasteiger partial charge in [0.1, 0.15) is 41.9 Å². The van der Waals surface area contributed by atoms with Crippen LogP contribution in [0.2, 0.25) is 0 Å². The number of fused-ring (bicyclic) bond motifs is 8. The highest BCUT2D eigenvalue weighted by Gasteiger charge is 2.25. The van der Waals surface area contributed by atoms with E-state index < -0.39 is 0 Å². The number of hydrogen-bond acceptors (Lipinski definition) is 7. The minimum absolute atomic E-state index is 0.108. The summed E-state index contributed by atoms with van der Waals surface area (Å²) in [5, 5.41) is 0. The topological polar surface area (TPSA) is 88.1 Å². The molecule has 8 bridgehead atoms. The van der Waals surface area contributed by atoms with E-state index in [4.69, 9.17) is 18.9 Å². The molecular formula is C43H48O7. The largest absolute Gasteiger partial charge is 0.490 e. The quantitative estimate of drug-likeness (QED) is 0.129. The lowest BCUT2D eigenvalue weighted by atomic mass is 9.89. The van der Waals surface area contributed by atoms with Crippen molar-refractivity contribution in [2.45, 2.75) is 105 Å². The summed E-state index contributed by atoms with van der Waals surface area (Å²) in [6, 6.07) is 17.3. The van der Waals surface area contributed by atoms with E-state index in [9.17, 15) is 14.4 Å². The smallest absolute Gasteiger partial charge is 0.150 e. The number of aldehydes is 3. The summed E-state index contributed by atoms with van der Waals surface area (Å²) in [7, 11) is 0. The van der Waals surface area contributed by atoms with Gasteiger partial charge >= 0.3 is 0 Å². The summed E-state index contributed by atoms with van der Waals surface area (Å²) in [6.45, 7) is 15.9. The summed E-state index contributed by atoms with van der Waals surface area (Å²) in [5.41, 5.74) is 8.33.